The molecule has 4 nitrogen and oxygen atoms in total. The van der Waals surface area contributed by atoms with Crippen LogP contribution < -0.4 is 5.32 Å². The molecule has 0 saturated carbocycles. The molecule has 2 aromatic carbocycles. The van der Waals surface area contributed by atoms with Gasteiger partial charge in [-0.1, -0.05) is 32.0 Å². The van der Waals surface area contributed by atoms with Gasteiger partial charge in [0.05, 0.1) is 11.9 Å². The Morgan fingerprint density at radius 1 is 1.24 bits per heavy atom. The predicted molar refractivity (Wildman–Crippen MR) is 112 cm³/mol. The maximum Gasteiger partial charge on any atom is 0.159 e. The van der Waals surface area contributed by atoms with Crippen LogP contribution in [0.1, 0.15) is 60.4 Å². The first kappa shape index (κ1) is 19.5. The highest BCUT2D eigenvalue weighted by Crippen LogP contribution is 2.41. The van der Waals surface area contributed by atoms with Crippen LogP contribution in [0.25, 0.3) is 5.69 Å². The number of Topliss-reactive ketones (excluding diaryl/α,β-unsaturated/α-hetero) is 1. The third kappa shape index (κ3) is 4.15. The first-order valence-electron chi connectivity index (χ1n) is 9.98. The molecule has 0 bridgehead atoms. The second-order valence-corrected chi connectivity index (χ2v) is 8.67. The molecule has 1 aromatic heterocycles. The van der Waals surface area contributed by atoms with Crippen molar-refractivity contribution in [3.05, 3.63) is 82.9 Å². The van der Waals surface area contributed by atoms with Crippen LogP contribution >= 0.6 is 0 Å². The van der Waals surface area contributed by atoms with E-state index in [0.717, 1.165) is 29.7 Å². The quantitative estimate of drug-likeness (QED) is 0.622. The molecule has 0 spiro atoms. The molecule has 0 aliphatic heterocycles. The molecule has 0 amide bonds. The second kappa shape index (κ2) is 7.56. The molecule has 0 saturated heterocycles. The summed E-state index contributed by atoms with van der Waals surface area (Å²) in [6.07, 6.45) is 3.84. The summed E-state index contributed by atoms with van der Waals surface area (Å²) in [7, 11) is 0. The lowest BCUT2D eigenvalue weighted by molar-refractivity contribution is 0.101. The van der Waals surface area contributed by atoms with Crippen molar-refractivity contribution in [3.8, 4) is 5.69 Å². The van der Waals surface area contributed by atoms with Crippen LogP contribution in [0.3, 0.4) is 0 Å². The van der Waals surface area contributed by atoms with Crippen molar-refractivity contribution in [1.29, 1.82) is 0 Å². The van der Waals surface area contributed by atoms with Crippen molar-refractivity contribution in [2.75, 3.05) is 0 Å². The van der Waals surface area contributed by atoms with Crippen LogP contribution in [0.5, 0.6) is 0 Å². The average Bonchev–Trinajstić information content (AvgIpc) is 3.09. The van der Waals surface area contributed by atoms with Gasteiger partial charge in [-0.25, -0.2) is 9.07 Å². The summed E-state index contributed by atoms with van der Waals surface area (Å²) in [4.78, 5) is 11.7. The molecule has 1 heterocycles. The Bertz CT molecular complexity index is 1040. The van der Waals surface area contributed by atoms with Gasteiger partial charge in [-0.2, -0.15) is 5.10 Å². The van der Waals surface area contributed by atoms with Gasteiger partial charge in [-0.15, -0.1) is 0 Å². The Balaban J connectivity index is 1.60. The number of rotatable bonds is 5. The highest BCUT2D eigenvalue weighted by molar-refractivity contribution is 5.94. The normalized spacial score (nSPS) is 17.7. The second-order valence-electron chi connectivity index (χ2n) is 8.67. The smallest absolute Gasteiger partial charge is 0.159 e. The van der Waals surface area contributed by atoms with Crippen LogP contribution in [0.15, 0.2) is 54.7 Å². The Morgan fingerprint density at radius 2 is 2.00 bits per heavy atom. The van der Waals surface area contributed by atoms with E-state index >= 15 is 0 Å². The number of benzene rings is 2. The monoisotopic (exact) mass is 391 g/mol. The van der Waals surface area contributed by atoms with Crippen LogP contribution in [0.2, 0.25) is 0 Å². The molecule has 29 heavy (non-hydrogen) atoms. The summed E-state index contributed by atoms with van der Waals surface area (Å²) in [5.74, 6) is -0.170. The lowest BCUT2D eigenvalue weighted by atomic mass is 9.74. The molecule has 0 fully saturated rings. The summed E-state index contributed by atoms with van der Waals surface area (Å²) >= 11 is 0. The number of nitrogens with one attached hydrogen (secondary N) is 1. The SMILES string of the molecule is CC(=O)c1cccc(CN[C@@H]2CC(C)(C)Cc3c2cnn3-c2ccc(F)cc2)c1. The summed E-state index contributed by atoms with van der Waals surface area (Å²) in [5.41, 5.74) is 5.17. The number of carbonyl (C=O) groups is 1. The van der Waals surface area contributed by atoms with Gasteiger partial charge in [-0.05, 0) is 61.1 Å². The molecule has 4 rings (SSSR count). The first-order valence-corrected chi connectivity index (χ1v) is 9.98. The van der Waals surface area contributed by atoms with Gasteiger partial charge < -0.3 is 5.32 Å². The molecule has 3 aromatic rings. The summed E-state index contributed by atoms with van der Waals surface area (Å²) in [6.45, 7) is 6.81. The number of carbonyl (C=O) groups excluding carboxylic acids is 1. The van der Waals surface area contributed by atoms with Gasteiger partial charge >= 0.3 is 0 Å². The van der Waals surface area contributed by atoms with E-state index in [1.807, 2.05) is 35.1 Å². The van der Waals surface area contributed by atoms with Crippen molar-refractivity contribution in [2.45, 2.75) is 46.2 Å². The number of halogens is 1. The van der Waals surface area contributed by atoms with Crippen molar-refractivity contribution in [3.63, 3.8) is 0 Å². The molecule has 1 aliphatic rings. The molecule has 0 radical (unpaired) electrons. The lowest BCUT2D eigenvalue weighted by Gasteiger charge is -2.36. The van der Waals surface area contributed by atoms with Gasteiger partial charge in [0.1, 0.15) is 5.82 Å². The fraction of sp³-hybridized carbons (Fsp3) is 0.333. The minimum atomic E-state index is -0.248. The fourth-order valence-corrected chi connectivity index (χ4v) is 4.17. The number of ketones is 1. The molecule has 150 valence electrons. The van der Waals surface area contributed by atoms with Crippen LogP contribution in [-0.2, 0) is 13.0 Å². The van der Waals surface area contributed by atoms with Crippen molar-refractivity contribution in [2.24, 2.45) is 5.41 Å². The van der Waals surface area contributed by atoms with Crippen LogP contribution in [0, 0.1) is 11.2 Å². The number of hydrogen-bond acceptors (Lipinski definition) is 3. The summed E-state index contributed by atoms with van der Waals surface area (Å²) in [6, 6.07) is 14.4. The fourth-order valence-electron chi connectivity index (χ4n) is 4.17. The maximum atomic E-state index is 13.3. The molecular weight excluding hydrogens is 365 g/mol. The zero-order chi connectivity index (χ0) is 20.6. The highest BCUT2D eigenvalue weighted by Gasteiger charge is 2.35. The molecule has 5 heteroatoms. The van der Waals surface area contributed by atoms with Crippen molar-refractivity contribution >= 4 is 5.78 Å². The zero-order valence-corrected chi connectivity index (χ0v) is 17.1. The Labute approximate surface area is 170 Å². The topological polar surface area (TPSA) is 46.9 Å². The van der Waals surface area contributed by atoms with Crippen LogP contribution in [0.4, 0.5) is 4.39 Å². The highest BCUT2D eigenvalue weighted by atomic mass is 19.1. The van der Waals surface area contributed by atoms with E-state index in [0.29, 0.717) is 6.54 Å². The predicted octanol–water partition coefficient (Wildman–Crippen LogP) is 5.02. The van der Waals surface area contributed by atoms with Gasteiger partial charge in [-0.3, -0.25) is 4.79 Å². The molecule has 1 atom stereocenters. The first-order chi connectivity index (χ1) is 13.8. The maximum absolute atomic E-state index is 13.3. The Hall–Kier alpha value is -2.79. The van der Waals surface area contributed by atoms with Gasteiger partial charge in [0.25, 0.3) is 0 Å². The minimum Gasteiger partial charge on any atom is -0.306 e. The van der Waals surface area contributed by atoms with Crippen molar-refractivity contribution in [1.82, 2.24) is 15.1 Å². The number of fused-ring (bicyclic) bond motifs is 1. The number of nitrogens with zero attached hydrogens (tertiary/aromatic N) is 2. The number of aromatic nitrogens is 2. The molecular formula is C24H26FN3O. The largest absolute Gasteiger partial charge is 0.306 e. The standard InChI is InChI=1S/C24H26FN3O/c1-16(29)18-6-4-5-17(11-18)14-26-22-12-24(2,3)13-23-21(22)15-27-28(23)20-9-7-19(25)8-10-20/h4-11,15,22,26H,12-14H2,1-3H3/t22-/m1/s1. The number of hydrogen-bond donors (Lipinski definition) is 1. The minimum absolute atomic E-state index is 0.0773. The lowest BCUT2D eigenvalue weighted by Crippen LogP contribution is -2.33. The summed E-state index contributed by atoms with van der Waals surface area (Å²) in [5, 5.41) is 8.28. The van der Waals surface area contributed by atoms with E-state index in [4.69, 9.17) is 0 Å². The molecule has 0 unspecified atom stereocenters. The van der Waals surface area contributed by atoms with E-state index in [9.17, 15) is 9.18 Å². The van der Waals surface area contributed by atoms with E-state index in [1.165, 1.54) is 23.4 Å². The molecule has 1 N–H and O–H groups in total. The van der Waals surface area contributed by atoms with E-state index < -0.39 is 0 Å². The van der Waals surface area contributed by atoms with Gasteiger partial charge in [0, 0.05) is 29.4 Å². The van der Waals surface area contributed by atoms with Gasteiger partial charge in [0.2, 0.25) is 0 Å². The Kier molecular flexibility index (Phi) is 5.09. The third-order valence-corrected chi connectivity index (χ3v) is 5.64. The third-order valence-electron chi connectivity index (χ3n) is 5.64. The van der Waals surface area contributed by atoms with E-state index in [-0.39, 0.29) is 23.1 Å². The van der Waals surface area contributed by atoms with Crippen molar-refractivity contribution < 1.29 is 9.18 Å². The van der Waals surface area contributed by atoms with E-state index in [1.54, 1.807) is 19.1 Å². The summed E-state index contributed by atoms with van der Waals surface area (Å²) < 4.78 is 15.3. The molecule has 1 aliphatic carbocycles. The average molecular weight is 391 g/mol. The van der Waals surface area contributed by atoms with E-state index in [2.05, 4.69) is 24.3 Å². The Morgan fingerprint density at radius 3 is 2.72 bits per heavy atom. The van der Waals surface area contributed by atoms with Crippen LogP contribution in [-0.4, -0.2) is 15.6 Å². The zero-order valence-electron chi connectivity index (χ0n) is 17.1. The van der Waals surface area contributed by atoms with Gasteiger partial charge in [0.15, 0.2) is 5.78 Å².